The molecular weight excluding hydrogens is 272 g/mol. The first-order valence-electron chi connectivity index (χ1n) is 7.13. The molecule has 1 aromatic carbocycles. The van der Waals surface area contributed by atoms with Crippen molar-refractivity contribution in [3.05, 3.63) is 35.7 Å². The van der Waals surface area contributed by atoms with Crippen molar-refractivity contribution in [2.24, 2.45) is 0 Å². The summed E-state index contributed by atoms with van der Waals surface area (Å²) < 4.78 is 29.5. The van der Waals surface area contributed by atoms with E-state index in [1.54, 1.807) is 0 Å². The van der Waals surface area contributed by atoms with Gasteiger partial charge < -0.3 is 10.3 Å². The van der Waals surface area contributed by atoms with Crippen molar-refractivity contribution in [2.75, 3.05) is 5.73 Å². The van der Waals surface area contributed by atoms with Gasteiger partial charge in [0.05, 0.1) is 0 Å². The lowest BCUT2D eigenvalue weighted by molar-refractivity contribution is 0.504. The summed E-state index contributed by atoms with van der Waals surface area (Å²) >= 11 is 0. The fourth-order valence-corrected chi connectivity index (χ4v) is 2.56. The van der Waals surface area contributed by atoms with E-state index < -0.39 is 11.6 Å². The zero-order valence-electron chi connectivity index (χ0n) is 12.5. The third-order valence-electron chi connectivity index (χ3n) is 3.74. The SMILES string of the molecule is CC(C)(C)c1nc(-c2cccc(F)c2F)c(N)n1C1CC1. The van der Waals surface area contributed by atoms with E-state index in [9.17, 15) is 8.78 Å². The molecular formula is C16H19F2N3. The van der Waals surface area contributed by atoms with Crippen LogP contribution in [-0.4, -0.2) is 9.55 Å². The van der Waals surface area contributed by atoms with Gasteiger partial charge in [-0.25, -0.2) is 13.8 Å². The number of hydrogen-bond donors (Lipinski definition) is 1. The number of halogens is 2. The van der Waals surface area contributed by atoms with Gasteiger partial charge in [-0.1, -0.05) is 26.8 Å². The molecule has 0 radical (unpaired) electrons. The van der Waals surface area contributed by atoms with Crippen LogP contribution in [0.1, 0.15) is 45.5 Å². The zero-order chi connectivity index (χ0) is 15.4. The molecule has 0 amide bonds. The van der Waals surface area contributed by atoms with Gasteiger partial charge in [-0.15, -0.1) is 0 Å². The molecule has 0 aliphatic heterocycles. The van der Waals surface area contributed by atoms with E-state index >= 15 is 0 Å². The third kappa shape index (κ3) is 2.30. The van der Waals surface area contributed by atoms with E-state index in [0.717, 1.165) is 24.7 Å². The van der Waals surface area contributed by atoms with Gasteiger partial charge in [0.1, 0.15) is 17.3 Å². The molecule has 1 heterocycles. The molecule has 1 aliphatic carbocycles. The summed E-state index contributed by atoms with van der Waals surface area (Å²) in [5, 5.41) is 0. The summed E-state index contributed by atoms with van der Waals surface area (Å²) in [6, 6.07) is 4.41. The minimum absolute atomic E-state index is 0.123. The van der Waals surface area contributed by atoms with E-state index in [2.05, 4.69) is 4.98 Å². The van der Waals surface area contributed by atoms with Gasteiger partial charge in [0, 0.05) is 17.0 Å². The number of aromatic nitrogens is 2. The fourth-order valence-electron chi connectivity index (χ4n) is 2.56. The van der Waals surface area contributed by atoms with E-state index in [0.29, 0.717) is 17.6 Å². The van der Waals surface area contributed by atoms with Gasteiger partial charge in [0.25, 0.3) is 0 Å². The molecule has 2 N–H and O–H groups in total. The number of anilines is 1. The fraction of sp³-hybridized carbons (Fsp3) is 0.438. The third-order valence-corrected chi connectivity index (χ3v) is 3.74. The lowest BCUT2D eigenvalue weighted by atomic mass is 9.95. The van der Waals surface area contributed by atoms with Crippen LogP contribution in [-0.2, 0) is 5.41 Å². The van der Waals surface area contributed by atoms with Gasteiger partial charge in [-0.05, 0) is 25.0 Å². The van der Waals surface area contributed by atoms with Crippen LogP contribution in [0.15, 0.2) is 18.2 Å². The summed E-state index contributed by atoms with van der Waals surface area (Å²) in [7, 11) is 0. The summed E-state index contributed by atoms with van der Waals surface area (Å²) in [5.74, 6) is -0.539. The minimum Gasteiger partial charge on any atom is -0.383 e. The molecule has 2 aromatic rings. The monoisotopic (exact) mass is 291 g/mol. The number of hydrogen-bond acceptors (Lipinski definition) is 2. The molecule has 1 fully saturated rings. The van der Waals surface area contributed by atoms with Gasteiger partial charge in [-0.3, -0.25) is 0 Å². The molecule has 0 bridgehead atoms. The Kier molecular flexibility index (Phi) is 3.04. The second-order valence-electron chi connectivity index (χ2n) is 6.62. The van der Waals surface area contributed by atoms with Crippen LogP contribution in [0.5, 0.6) is 0 Å². The van der Waals surface area contributed by atoms with Crippen molar-refractivity contribution in [1.29, 1.82) is 0 Å². The lowest BCUT2D eigenvalue weighted by Gasteiger charge is -2.20. The highest BCUT2D eigenvalue weighted by Crippen LogP contribution is 2.43. The van der Waals surface area contributed by atoms with Gasteiger partial charge in [-0.2, -0.15) is 0 Å². The maximum atomic E-state index is 14.0. The van der Waals surface area contributed by atoms with Crippen LogP contribution in [0.4, 0.5) is 14.6 Å². The van der Waals surface area contributed by atoms with Crippen molar-refractivity contribution in [3.8, 4) is 11.3 Å². The number of rotatable bonds is 2. The van der Waals surface area contributed by atoms with Gasteiger partial charge in [0.15, 0.2) is 11.6 Å². The second-order valence-corrected chi connectivity index (χ2v) is 6.62. The van der Waals surface area contributed by atoms with Crippen LogP contribution in [0.2, 0.25) is 0 Å². The molecule has 0 saturated heterocycles. The Morgan fingerprint density at radius 2 is 1.90 bits per heavy atom. The summed E-state index contributed by atoms with van der Waals surface area (Å²) in [5.41, 5.74) is 6.45. The minimum atomic E-state index is -0.898. The maximum Gasteiger partial charge on any atom is 0.168 e. The Balaban J connectivity index is 2.22. The van der Waals surface area contributed by atoms with Crippen molar-refractivity contribution < 1.29 is 8.78 Å². The highest BCUT2D eigenvalue weighted by molar-refractivity contribution is 5.72. The van der Waals surface area contributed by atoms with Crippen molar-refractivity contribution in [2.45, 2.75) is 45.1 Å². The maximum absolute atomic E-state index is 14.0. The highest BCUT2D eigenvalue weighted by atomic mass is 19.2. The molecule has 112 valence electrons. The van der Waals surface area contributed by atoms with Crippen LogP contribution < -0.4 is 5.73 Å². The second kappa shape index (κ2) is 4.55. The number of imidazole rings is 1. The first-order chi connectivity index (χ1) is 9.80. The number of nitrogens with zero attached hydrogens (tertiary/aromatic N) is 2. The molecule has 5 heteroatoms. The van der Waals surface area contributed by atoms with Crippen molar-refractivity contribution in [3.63, 3.8) is 0 Å². The van der Waals surface area contributed by atoms with Crippen LogP contribution in [0.25, 0.3) is 11.3 Å². The quantitative estimate of drug-likeness (QED) is 0.907. The first-order valence-corrected chi connectivity index (χ1v) is 7.13. The lowest BCUT2D eigenvalue weighted by Crippen LogP contribution is -2.19. The van der Waals surface area contributed by atoms with Crippen molar-refractivity contribution >= 4 is 5.82 Å². The topological polar surface area (TPSA) is 43.8 Å². The van der Waals surface area contributed by atoms with Crippen molar-refractivity contribution in [1.82, 2.24) is 9.55 Å². The van der Waals surface area contributed by atoms with Gasteiger partial charge >= 0.3 is 0 Å². The molecule has 1 saturated carbocycles. The van der Waals surface area contributed by atoms with E-state index in [1.165, 1.54) is 12.1 Å². The zero-order valence-corrected chi connectivity index (χ0v) is 12.5. The molecule has 21 heavy (non-hydrogen) atoms. The Labute approximate surface area is 122 Å². The number of nitrogen functional groups attached to an aromatic ring is 1. The predicted molar refractivity (Wildman–Crippen MR) is 79.0 cm³/mol. The Morgan fingerprint density at radius 3 is 2.48 bits per heavy atom. The smallest absolute Gasteiger partial charge is 0.168 e. The molecule has 0 unspecified atom stereocenters. The largest absolute Gasteiger partial charge is 0.383 e. The van der Waals surface area contributed by atoms with E-state index in [-0.39, 0.29) is 11.0 Å². The molecule has 3 rings (SSSR count). The molecule has 0 spiro atoms. The van der Waals surface area contributed by atoms with Gasteiger partial charge in [0.2, 0.25) is 0 Å². The summed E-state index contributed by atoms with van der Waals surface area (Å²) in [6.45, 7) is 6.12. The average molecular weight is 291 g/mol. The molecule has 0 atom stereocenters. The molecule has 1 aliphatic rings. The average Bonchev–Trinajstić information content (AvgIpc) is 3.16. The van der Waals surface area contributed by atoms with Crippen LogP contribution >= 0.6 is 0 Å². The van der Waals surface area contributed by atoms with E-state index in [1.807, 2.05) is 25.3 Å². The summed E-state index contributed by atoms with van der Waals surface area (Å²) in [6.07, 6.45) is 2.10. The number of nitrogens with two attached hydrogens (primary N) is 1. The standard InChI is InChI=1S/C16H19F2N3/c1-16(2,3)15-20-13(14(19)21(15)9-7-8-9)10-5-4-6-11(17)12(10)18/h4-6,9H,7-8,19H2,1-3H3. The Hall–Kier alpha value is -1.91. The van der Waals surface area contributed by atoms with Crippen LogP contribution in [0, 0.1) is 11.6 Å². The normalized spacial score (nSPS) is 15.5. The predicted octanol–water partition coefficient (Wildman–Crippen LogP) is 4.04. The molecule has 1 aromatic heterocycles. The Bertz CT molecular complexity index is 694. The summed E-state index contributed by atoms with van der Waals surface area (Å²) in [4.78, 5) is 4.55. The Morgan fingerprint density at radius 1 is 1.24 bits per heavy atom. The van der Waals surface area contributed by atoms with Crippen LogP contribution in [0.3, 0.4) is 0 Å². The first kappa shape index (κ1) is 14.0. The molecule has 3 nitrogen and oxygen atoms in total. The van der Waals surface area contributed by atoms with E-state index in [4.69, 9.17) is 5.73 Å². The highest BCUT2D eigenvalue weighted by Gasteiger charge is 2.34. The number of benzene rings is 1.